The van der Waals surface area contributed by atoms with Crippen LogP contribution in [0.5, 0.6) is 0 Å². The first kappa shape index (κ1) is 20.5. The lowest BCUT2D eigenvalue weighted by Gasteiger charge is -2.07. The predicted octanol–water partition coefficient (Wildman–Crippen LogP) is 3.39. The summed E-state index contributed by atoms with van der Waals surface area (Å²) in [6.45, 7) is 2.03. The topological polar surface area (TPSA) is 114 Å². The fourth-order valence-corrected chi connectivity index (χ4v) is 2.83. The number of ether oxygens (including phenoxy) is 1. The number of nitriles is 1. The molecule has 3 aromatic rings. The Bertz CT molecular complexity index is 1170. The summed E-state index contributed by atoms with van der Waals surface area (Å²) in [5, 5.41) is 11.9. The third-order valence-electron chi connectivity index (χ3n) is 4.14. The van der Waals surface area contributed by atoms with Crippen molar-refractivity contribution in [3.8, 4) is 12.0 Å². The second kappa shape index (κ2) is 8.45. The number of nitrogens with zero attached hydrogens (tertiary/aromatic N) is 2. The van der Waals surface area contributed by atoms with Crippen molar-refractivity contribution < 1.29 is 27.9 Å². The molecule has 3 rings (SSSR count). The molecule has 0 saturated heterocycles. The van der Waals surface area contributed by atoms with Gasteiger partial charge in [0.05, 0.1) is 5.56 Å². The van der Waals surface area contributed by atoms with Crippen LogP contribution >= 0.6 is 0 Å². The molecule has 9 heteroatoms. The minimum Gasteiger partial charge on any atom is -0.454 e. The van der Waals surface area contributed by atoms with Crippen LogP contribution in [0.2, 0.25) is 0 Å². The van der Waals surface area contributed by atoms with Gasteiger partial charge in [-0.1, -0.05) is 0 Å². The molecule has 2 heterocycles. The Morgan fingerprint density at radius 1 is 1.27 bits per heavy atom. The summed E-state index contributed by atoms with van der Waals surface area (Å²) in [6, 6.07) is 8.89. The Morgan fingerprint density at radius 3 is 2.57 bits per heavy atom. The van der Waals surface area contributed by atoms with E-state index in [1.54, 1.807) is 24.5 Å². The Kier molecular flexibility index (Phi) is 5.78. The van der Waals surface area contributed by atoms with Crippen LogP contribution < -0.4 is 5.32 Å². The zero-order valence-electron chi connectivity index (χ0n) is 16.1. The molecule has 0 unspecified atom stereocenters. The van der Waals surface area contributed by atoms with E-state index in [4.69, 9.17) is 9.15 Å². The number of hydrogen-bond acceptors (Lipinski definition) is 6. The van der Waals surface area contributed by atoms with Gasteiger partial charge in [0, 0.05) is 25.0 Å². The molecule has 1 aromatic carbocycles. The number of nitrogens with one attached hydrogen (secondary N) is 1. The lowest BCUT2D eigenvalue weighted by Crippen LogP contribution is -2.16. The summed E-state index contributed by atoms with van der Waals surface area (Å²) in [5.74, 6) is -2.66. The highest BCUT2D eigenvalue weighted by atomic mass is 19.1. The van der Waals surface area contributed by atoms with Crippen LogP contribution in [0.15, 0.2) is 47.1 Å². The number of carbonyl (C=O) groups excluding carboxylic acids is 3. The number of carbonyl (C=O) groups is 3. The highest BCUT2D eigenvalue weighted by Crippen LogP contribution is 2.26. The van der Waals surface area contributed by atoms with E-state index in [2.05, 4.69) is 5.32 Å². The molecule has 0 atom stereocenters. The quantitative estimate of drug-likeness (QED) is 0.493. The van der Waals surface area contributed by atoms with Gasteiger partial charge in [-0.05, 0) is 37.3 Å². The summed E-state index contributed by atoms with van der Waals surface area (Å²) in [6.07, 6.45) is 3.29. The fourth-order valence-electron chi connectivity index (χ4n) is 2.83. The van der Waals surface area contributed by atoms with E-state index in [-0.39, 0.29) is 39.9 Å². The average Bonchev–Trinajstić information content (AvgIpc) is 3.32. The van der Waals surface area contributed by atoms with Gasteiger partial charge in [-0.15, -0.1) is 0 Å². The Labute approximate surface area is 170 Å². The van der Waals surface area contributed by atoms with Crippen LogP contribution in [-0.4, -0.2) is 28.8 Å². The maximum atomic E-state index is 14.2. The number of halogens is 1. The molecule has 0 aliphatic rings. The van der Waals surface area contributed by atoms with Crippen molar-refractivity contribution in [3.63, 3.8) is 0 Å². The molecular formula is C21H16FN3O5. The van der Waals surface area contributed by atoms with Crippen molar-refractivity contribution in [3.05, 3.63) is 71.0 Å². The monoisotopic (exact) mass is 409 g/mol. The third-order valence-corrected chi connectivity index (χ3v) is 4.14. The van der Waals surface area contributed by atoms with E-state index in [0.717, 1.165) is 6.07 Å². The predicted molar refractivity (Wildman–Crippen MR) is 103 cm³/mol. The summed E-state index contributed by atoms with van der Waals surface area (Å²) < 4.78 is 26.2. The molecule has 1 amide bonds. The maximum Gasteiger partial charge on any atom is 0.343 e. The number of anilines is 1. The van der Waals surface area contributed by atoms with Crippen LogP contribution in [0, 0.1) is 24.1 Å². The number of aromatic nitrogens is 1. The van der Waals surface area contributed by atoms with Crippen LogP contribution in [0.3, 0.4) is 0 Å². The number of esters is 1. The summed E-state index contributed by atoms with van der Waals surface area (Å²) in [5.41, 5.74) is -0.240. The lowest BCUT2D eigenvalue weighted by atomic mass is 10.1. The molecule has 0 spiro atoms. The Morgan fingerprint density at radius 2 is 1.97 bits per heavy atom. The maximum absolute atomic E-state index is 14.2. The molecule has 30 heavy (non-hydrogen) atoms. The van der Waals surface area contributed by atoms with Crippen molar-refractivity contribution in [2.75, 3.05) is 11.9 Å². The molecule has 1 N–H and O–H groups in total. The lowest BCUT2D eigenvalue weighted by molar-refractivity contribution is -0.114. The van der Waals surface area contributed by atoms with Crippen molar-refractivity contribution in [1.82, 2.24) is 4.57 Å². The van der Waals surface area contributed by atoms with Gasteiger partial charge in [-0.25, -0.2) is 9.18 Å². The van der Waals surface area contributed by atoms with Crippen molar-refractivity contribution in [2.45, 2.75) is 13.8 Å². The molecule has 0 fully saturated rings. The summed E-state index contributed by atoms with van der Waals surface area (Å²) in [7, 11) is 0. The molecule has 0 bridgehead atoms. The third kappa shape index (κ3) is 4.12. The number of amides is 1. The second-order valence-electron chi connectivity index (χ2n) is 6.29. The summed E-state index contributed by atoms with van der Waals surface area (Å²) in [4.78, 5) is 35.8. The highest BCUT2D eigenvalue weighted by Gasteiger charge is 2.26. The number of rotatable bonds is 6. The van der Waals surface area contributed by atoms with E-state index in [0.29, 0.717) is 0 Å². The van der Waals surface area contributed by atoms with Gasteiger partial charge >= 0.3 is 5.97 Å². The molecular weight excluding hydrogens is 393 g/mol. The molecule has 0 radical (unpaired) electrons. The van der Waals surface area contributed by atoms with Gasteiger partial charge in [0.25, 0.3) is 0 Å². The Hall–Kier alpha value is -4.19. The van der Waals surface area contributed by atoms with Gasteiger partial charge in [0.1, 0.15) is 28.8 Å². The number of aryl methyl sites for hydroxylation is 1. The minimum absolute atomic E-state index is 0.0352. The second-order valence-corrected chi connectivity index (χ2v) is 6.29. The summed E-state index contributed by atoms with van der Waals surface area (Å²) >= 11 is 0. The fraction of sp³-hybridized carbons (Fsp3) is 0.143. The van der Waals surface area contributed by atoms with Gasteiger partial charge in [0.15, 0.2) is 6.61 Å². The van der Waals surface area contributed by atoms with E-state index < -0.39 is 24.2 Å². The number of hydrogen-bond donors (Lipinski definition) is 1. The van der Waals surface area contributed by atoms with Crippen LogP contribution in [0.4, 0.5) is 10.1 Å². The molecule has 0 saturated carbocycles. The van der Waals surface area contributed by atoms with Gasteiger partial charge in [0.2, 0.25) is 17.6 Å². The van der Waals surface area contributed by atoms with Crippen LogP contribution in [0.1, 0.15) is 39.0 Å². The van der Waals surface area contributed by atoms with Crippen molar-refractivity contribution >= 4 is 23.3 Å². The zero-order chi connectivity index (χ0) is 21.8. The van der Waals surface area contributed by atoms with Crippen molar-refractivity contribution in [2.24, 2.45) is 0 Å². The number of benzene rings is 1. The zero-order valence-corrected chi connectivity index (χ0v) is 16.1. The number of ketones is 1. The first-order valence-electron chi connectivity index (χ1n) is 8.76. The smallest absolute Gasteiger partial charge is 0.343 e. The molecule has 0 aliphatic carbocycles. The van der Waals surface area contributed by atoms with E-state index in [1.807, 2.05) is 6.07 Å². The molecule has 8 nitrogen and oxygen atoms in total. The first-order chi connectivity index (χ1) is 14.3. The molecule has 152 valence electrons. The molecule has 2 aromatic heterocycles. The van der Waals surface area contributed by atoms with E-state index in [9.17, 15) is 24.0 Å². The normalized spacial score (nSPS) is 10.3. The first-order valence-corrected chi connectivity index (χ1v) is 8.76. The minimum atomic E-state index is -0.935. The highest BCUT2D eigenvalue weighted by molar-refractivity contribution is 6.01. The standard InChI is InChI=1S/C21H16FN3O5/c1-12-19(16(10-23)20(30-12)25-7-3-4-8-25)21(28)29-11-18(27)15-6-5-14(9-17(15)22)24-13(2)26/h3-9H,11H2,1-2H3,(H,24,26). The Balaban J connectivity index is 1.76. The van der Waals surface area contributed by atoms with E-state index in [1.165, 1.54) is 30.5 Å². The van der Waals surface area contributed by atoms with E-state index >= 15 is 0 Å². The van der Waals surface area contributed by atoms with Crippen LogP contribution in [-0.2, 0) is 9.53 Å². The largest absolute Gasteiger partial charge is 0.454 e. The number of Topliss-reactive ketones (excluding diaryl/α,β-unsaturated/α-hetero) is 1. The SMILES string of the molecule is CC(=O)Nc1ccc(C(=O)COC(=O)c2c(C)oc(-n3cccc3)c2C#N)c(F)c1. The number of furan rings is 1. The van der Waals surface area contributed by atoms with Crippen LogP contribution in [0.25, 0.3) is 5.88 Å². The average molecular weight is 409 g/mol. The van der Waals surface area contributed by atoms with Gasteiger partial charge < -0.3 is 14.5 Å². The van der Waals surface area contributed by atoms with Gasteiger partial charge in [-0.3, -0.25) is 14.2 Å². The molecule has 0 aliphatic heterocycles. The van der Waals surface area contributed by atoms with Crippen molar-refractivity contribution in [1.29, 1.82) is 5.26 Å². The van der Waals surface area contributed by atoms with Gasteiger partial charge in [-0.2, -0.15) is 5.26 Å².